The molecule has 0 aliphatic carbocycles. The van der Waals surface area contributed by atoms with Crippen LogP contribution >= 0.6 is 11.8 Å². The molecule has 0 unspecified atom stereocenters. The van der Waals surface area contributed by atoms with E-state index in [-0.39, 0.29) is 0 Å². The second-order valence-electron chi connectivity index (χ2n) is 3.57. The summed E-state index contributed by atoms with van der Waals surface area (Å²) in [4.78, 5) is 11.8. The molecular formula is C12H18N2OS. The summed E-state index contributed by atoms with van der Waals surface area (Å²) in [5, 5.41) is 2.54. The zero-order chi connectivity index (χ0) is 11.8. The number of urea groups is 1. The third kappa shape index (κ3) is 5.07. The highest BCUT2D eigenvalue weighted by atomic mass is 32.2. The van der Waals surface area contributed by atoms with E-state index in [1.807, 2.05) is 36.0 Å². The fourth-order valence-corrected chi connectivity index (χ4v) is 2.23. The van der Waals surface area contributed by atoms with Crippen LogP contribution in [0.4, 0.5) is 10.5 Å². The third-order valence-electron chi connectivity index (χ3n) is 2.14. The number of anilines is 1. The van der Waals surface area contributed by atoms with Crippen LogP contribution in [0, 0.1) is 0 Å². The molecule has 0 aromatic heterocycles. The number of amides is 2. The van der Waals surface area contributed by atoms with E-state index in [9.17, 15) is 4.79 Å². The Hall–Kier alpha value is -1.16. The SMILES string of the molecule is CCCCCSc1ccc(NC(N)=O)cc1. The Kier molecular flexibility index (Phi) is 5.78. The Morgan fingerprint density at radius 2 is 2.00 bits per heavy atom. The zero-order valence-corrected chi connectivity index (χ0v) is 10.3. The molecule has 0 bridgehead atoms. The molecule has 0 fully saturated rings. The molecule has 1 aromatic carbocycles. The lowest BCUT2D eigenvalue weighted by atomic mass is 10.3. The van der Waals surface area contributed by atoms with Crippen molar-refractivity contribution in [3.63, 3.8) is 0 Å². The van der Waals surface area contributed by atoms with Crippen LogP contribution in [0.2, 0.25) is 0 Å². The molecular weight excluding hydrogens is 220 g/mol. The van der Waals surface area contributed by atoms with Gasteiger partial charge in [0, 0.05) is 10.6 Å². The molecule has 4 heteroatoms. The second kappa shape index (κ2) is 7.17. The summed E-state index contributed by atoms with van der Waals surface area (Å²) in [7, 11) is 0. The first-order valence-electron chi connectivity index (χ1n) is 5.51. The van der Waals surface area contributed by atoms with Crippen molar-refractivity contribution in [3.8, 4) is 0 Å². The summed E-state index contributed by atoms with van der Waals surface area (Å²) in [5.74, 6) is 1.15. The average molecular weight is 238 g/mol. The van der Waals surface area contributed by atoms with Crippen LogP contribution in [0.5, 0.6) is 0 Å². The van der Waals surface area contributed by atoms with Crippen molar-refractivity contribution < 1.29 is 4.79 Å². The number of thioether (sulfide) groups is 1. The molecule has 0 heterocycles. The van der Waals surface area contributed by atoms with E-state index in [2.05, 4.69) is 12.2 Å². The summed E-state index contributed by atoms with van der Waals surface area (Å²) in [6.45, 7) is 2.20. The standard InChI is InChI=1S/C12H18N2OS/c1-2-3-4-9-16-11-7-5-10(6-8-11)14-12(13)15/h5-8H,2-4,9H2,1H3,(H3,13,14,15). The highest BCUT2D eigenvalue weighted by molar-refractivity contribution is 7.99. The van der Waals surface area contributed by atoms with Gasteiger partial charge in [-0.3, -0.25) is 0 Å². The highest BCUT2D eigenvalue weighted by Gasteiger charge is 1.97. The minimum atomic E-state index is -0.525. The predicted octanol–water partition coefficient (Wildman–Crippen LogP) is 3.46. The fourth-order valence-electron chi connectivity index (χ4n) is 1.32. The Morgan fingerprint density at radius 3 is 2.56 bits per heavy atom. The van der Waals surface area contributed by atoms with Crippen LogP contribution in [0.25, 0.3) is 0 Å². The lowest BCUT2D eigenvalue weighted by molar-refractivity contribution is 0.259. The van der Waals surface area contributed by atoms with Gasteiger partial charge < -0.3 is 11.1 Å². The monoisotopic (exact) mass is 238 g/mol. The fraction of sp³-hybridized carbons (Fsp3) is 0.417. The van der Waals surface area contributed by atoms with Gasteiger partial charge in [-0.1, -0.05) is 19.8 Å². The number of nitrogens with one attached hydrogen (secondary N) is 1. The van der Waals surface area contributed by atoms with E-state index in [4.69, 9.17) is 5.73 Å². The summed E-state index contributed by atoms with van der Waals surface area (Å²) in [5.41, 5.74) is 5.76. The van der Waals surface area contributed by atoms with Crippen molar-refractivity contribution in [2.75, 3.05) is 11.1 Å². The van der Waals surface area contributed by atoms with Gasteiger partial charge in [0.2, 0.25) is 0 Å². The van der Waals surface area contributed by atoms with Crippen LogP contribution < -0.4 is 11.1 Å². The molecule has 2 amide bonds. The number of hydrogen-bond donors (Lipinski definition) is 2. The minimum absolute atomic E-state index is 0.525. The van der Waals surface area contributed by atoms with Gasteiger partial charge in [-0.25, -0.2) is 4.79 Å². The minimum Gasteiger partial charge on any atom is -0.351 e. The molecule has 16 heavy (non-hydrogen) atoms. The smallest absolute Gasteiger partial charge is 0.316 e. The number of hydrogen-bond acceptors (Lipinski definition) is 2. The quantitative estimate of drug-likeness (QED) is 0.589. The first-order chi connectivity index (χ1) is 7.72. The molecule has 0 atom stereocenters. The highest BCUT2D eigenvalue weighted by Crippen LogP contribution is 2.21. The van der Waals surface area contributed by atoms with Crippen LogP contribution in [-0.2, 0) is 0 Å². The van der Waals surface area contributed by atoms with Gasteiger partial charge in [0.25, 0.3) is 0 Å². The van der Waals surface area contributed by atoms with Crippen LogP contribution in [0.1, 0.15) is 26.2 Å². The van der Waals surface area contributed by atoms with Crippen LogP contribution in [0.15, 0.2) is 29.2 Å². The molecule has 0 radical (unpaired) electrons. The number of carbonyl (C=O) groups is 1. The summed E-state index contributed by atoms with van der Waals surface area (Å²) >= 11 is 1.84. The second-order valence-corrected chi connectivity index (χ2v) is 4.74. The maximum absolute atomic E-state index is 10.6. The van der Waals surface area contributed by atoms with Gasteiger partial charge in [0.15, 0.2) is 0 Å². The van der Waals surface area contributed by atoms with Gasteiger partial charge in [0.05, 0.1) is 0 Å². The van der Waals surface area contributed by atoms with E-state index in [1.54, 1.807) is 0 Å². The molecule has 3 nitrogen and oxygen atoms in total. The van der Waals surface area contributed by atoms with Crippen LogP contribution in [-0.4, -0.2) is 11.8 Å². The lowest BCUT2D eigenvalue weighted by Crippen LogP contribution is -2.19. The lowest BCUT2D eigenvalue weighted by Gasteiger charge is -2.04. The van der Waals surface area contributed by atoms with E-state index >= 15 is 0 Å². The van der Waals surface area contributed by atoms with E-state index < -0.39 is 6.03 Å². The first kappa shape index (κ1) is 12.9. The number of unbranched alkanes of at least 4 members (excludes halogenated alkanes) is 2. The molecule has 0 aliphatic heterocycles. The number of nitrogens with two attached hydrogens (primary N) is 1. The average Bonchev–Trinajstić information content (AvgIpc) is 2.26. The summed E-state index contributed by atoms with van der Waals surface area (Å²) in [6.07, 6.45) is 3.79. The molecule has 0 saturated carbocycles. The molecule has 0 aliphatic rings. The normalized spacial score (nSPS) is 10.1. The van der Waals surface area contributed by atoms with Crippen molar-refractivity contribution in [2.24, 2.45) is 5.73 Å². The van der Waals surface area contributed by atoms with E-state index in [0.717, 1.165) is 11.4 Å². The van der Waals surface area contributed by atoms with Crippen molar-refractivity contribution in [1.29, 1.82) is 0 Å². The molecule has 3 N–H and O–H groups in total. The molecule has 88 valence electrons. The van der Waals surface area contributed by atoms with Gasteiger partial charge in [0.1, 0.15) is 0 Å². The molecule has 1 rings (SSSR count). The number of primary amides is 1. The van der Waals surface area contributed by atoms with E-state index in [0.29, 0.717) is 0 Å². The van der Waals surface area contributed by atoms with Crippen LogP contribution in [0.3, 0.4) is 0 Å². The van der Waals surface area contributed by atoms with E-state index in [1.165, 1.54) is 24.2 Å². The van der Waals surface area contributed by atoms with Gasteiger partial charge >= 0.3 is 6.03 Å². The number of rotatable bonds is 6. The maximum atomic E-state index is 10.6. The zero-order valence-electron chi connectivity index (χ0n) is 9.53. The van der Waals surface area contributed by atoms with Gasteiger partial charge in [-0.2, -0.15) is 0 Å². The van der Waals surface area contributed by atoms with Crippen molar-refractivity contribution in [1.82, 2.24) is 0 Å². The third-order valence-corrected chi connectivity index (χ3v) is 3.24. The maximum Gasteiger partial charge on any atom is 0.316 e. The Bertz CT molecular complexity index is 324. The van der Waals surface area contributed by atoms with Gasteiger partial charge in [-0.05, 0) is 36.4 Å². The van der Waals surface area contributed by atoms with Crippen molar-refractivity contribution >= 4 is 23.5 Å². The van der Waals surface area contributed by atoms with Gasteiger partial charge in [-0.15, -0.1) is 11.8 Å². The summed E-state index contributed by atoms with van der Waals surface area (Å²) in [6, 6.07) is 7.22. The Labute approximate surface area is 101 Å². The molecule has 0 saturated heterocycles. The van der Waals surface area contributed by atoms with Crippen molar-refractivity contribution in [2.45, 2.75) is 31.1 Å². The largest absolute Gasteiger partial charge is 0.351 e. The van der Waals surface area contributed by atoms with Crippen molar-refractivity contribution in [3.05, 3.63) is 24.3 Å². The Balaban J connectivity index is 2.36. The number of benzene rings is 1. The number of carbonyl (C=O) groups excluding carboxylic acids is 1. The summed E-state index contributed by atoms with van der Waals surface area (Å²) < 4.78 is 0. The molecule has 0 spiro atoms. The molecule has 1 aromatic rings. The topological polar surface area (TPSA) is 55.1 Å². The Morgan fingerprint density at radius 1 is 1.31 bits per heavy atom. The predicted molar refractivity (Wildman–Crippen MR) is 69.9 cm³/mol. The first-order valence-corrected chi connectivity index (χ1v) is 6.50.